The van der Waals surface area contributed by atoms with E-state index in [2.05, 4.69) is 164 Å². The smallest absolute Gasteiger partial charge is 0.160 e. The van der Waals surface area contributed by atoms with Crippen molar-refractivity contribution in [1.29, 1.82) is 0 Å². The lowest BCUT2D eigenvalue weighted by molar-refractivity contribution is 0.647. The lowest BCUT2D eigenvalue weighted by Gasteiger charge is -2.22. The second kappa shape index (κ2) is 12.7. The fourth-order valence-corrected chi connectivity index (χ4v) is 9.41. The molecule has 0 N–H and O–H groups in total. The molecular weight excluding hydrogens is 719 g/mol. The SMILES string of the molecule is CC1(C)c2cc(-c3ccc4c(c3)c3ccccc3n4-c3ccc(-c4nc(-c5ccccc5)cc(-c5ccccc5)n4)cc3)ccc2-c2cc3c(cc21)oc1ccccc13. The van der Waals surface area contributed by atoms with E-state index in [0.29, 0.717) is 5.82 Å². The highest BCUT2D eigenvalue weighted by atomic mass is 16.3. The first-order chi connectivity index (χ1) is 29.0. The molecule has 59 heavy (non-hydrogen) atoms. The first-order valence-electron chi connectivity index (χ1n) is 20.2. The number of furan rings is 1. The van der Waals surface area contributed by atoms with Gasteiger partial charge in [0.2, 0.25) is 0 Å². The average molecular weight is 756 g/mol. The molecule has 0 amide bonds. The van der Waals surface area contributed by atoms with Crippen LogP contribution >= 0.6 is 0 Å². The van der Waals surface area contributed by atoms with Gasteiger partial charge in [0.25, 0.3) is 0 Å². The van der Waals surface area contributed by atoms with E-state index in [1.165, 1.54) is 60.6 Å². The van der Waals surface area contributed by atoms with Crippen LogP contribution in [0.25, 0.3) is 106 Å². The molecular formula is C55H37N3O. The van der Waals surface area contributed by atoms with Crippen LogP contribution < -0.4 is 0 Å². The van der Waals surface area contributed by atoms with Crippen LogP contribution in [0.3, 0.4) is 0 Å². The summed E-state index contributed by atoms with van der Waals surface area (Å²) in [5, 5.41) is 4.79. The molecule has 0 atom stereocenters. The predicted molar refractivity (Wildman–Crippen MR) is 243 cm³/mol. The van der Waals surface area contributed by atoms with Gasteiger partial charge in [0, 0.05) is 49.3 Å². The molecule has 0 saturated heterocycles. The van der Waals surface area contributed by atoms with E-state index in [0.717, 1.165) is 50.3 Å². The van der Waals surface area contributed by atoms with Crippen LogP contribution in [-0.2, 0) is 5.41 Å². The van der Waals surface area contributed by atoms with Gasteiger partial charge in [-0.15, -0.1) is 0 Å². The van der Waals surface area contributed by atoms with Crippen molar-refractivity contribution in [2.45, 2.75) is 19.3 Å². The maximum atomic E-state index is 6.33. The van der Waals surface area contributed by atoms with Crippen LogP contribution in [0.2, 0.25) is 0 Å². The minimum absolute atomic E-state index is 0.169. The summed E-state index contributed by atoms with van der Waals surface area (Å²) in [6.45, 7) is 4.68. The predicted octanol–water partition coefficient (Wildman–Crippen LogP) is 14.4. The van der Waals surface area contributed by atoms with Gasteiger partial charge >= 0.3 is 0 Å². The Morgan fingerprint density at radius 3 is 1.75 bits per heavy atom. The molecule has 0 aliphatic heterocycles. The number of aromatic nitrogens is 3. The number of fused-ring (bicyclic) bond motifs is 9. The molecule has 278 valence electrons. The van der Waals surface area contributed by atoms with Gasteiger partial charge in [0.1, 0.15) is 11.2 Å². The Hall–Kier alpha value is -7.56. The summed E-state index contributed by atoms with van der Waals surface area (Å²) in [5.74, 6) is 0.701. The summed E-state index contributed by atoms with van der Waals surface area (Å²) in [4.78, 5) is 10.1. The highest BCUT2D eigenvalue weighted by Crippen LogP contribution is 2.52. The Labute approximate surface area is 341 Å². The van der Waals surface area contributed by atoms with Crippen LogP contribution in [0.1, 0.15) is 25.0 Å². The molecule has 0 bridgehead atoms. The largest absolute Gasteiger partial charge is 0.456 e. The maximum Gasteiger partial charge on any atom is 0.160 e. The maximum absolute atomic E-state index is 6.33. The lowest BCUT2D eigenvalue weighted by Crippen LogP contribution is -2.15. The Morgan fingerprint density at radius 1 is 0.407 bits per heavy atom. The molecule has 11 aromatic rings. The van der Waals surface area contributed by atoms with Gasteiger partial charge in [-0.25, -0.2) is 9.97 Å². The Balaban J connectivity index is 0.933. The molecule has 0 unspecified atom stereocenters. The van der Waals surface area contributed by atoms with Gasteiger partial charge in [-0.05, 0) is 106 Å². The minimum Gasteiger partial charge on any atom is -0.456 e. The standard InChI is InChI=1S/C55H37N3O/c1-55(2)46-30-38(23-27-40(46)43-31-45-42-18-10-12-20-52(42)59-53(45)32-47(43)55)37-24-28-51-44(29-37)41-17-9-11-19-50(41)58(51)39-25-21-36(22-26-39)54-56-48(34-13-5-3-6-14-34)33-49(57-54)35-15-7-4-8-16-35/h3-33H,1-2H3. The van der Waals surface area contributed by atoms with E-state index < -0.39 is 0 Å². The van der Waals surface area contributed by atoms with Crippen LogP contribution in [-0.4, -0.2) is 14.5 Å². The summed E-state index contributed by atoms with van der Waals surface area (Å²) in [7, 11) is 0. The molecule has 0 saturated carbocycles. The molecule has 1 aliphatic rings. The van der Waals surface area contributed by atoms with E-state index in [1.54, 1.807) is 0 Å². The zero-order valence-electron chi connectivity index (χ0n) is 32.6. The van der Waals surface area contributed by atoms with E-state index in [1.807, 2.05) is 42.5 Å². The van der Waals surface area contributed by atoms with Gasteiger partial charge in [0.15, 0.2) is 5.82 Å². The van der Waals surface area contributed by atoms with Gasteiger partial charge in [0.05, 0.1) is 22.4 Å². The molecule has 1 aliphatic carbocycles. The fraction of sp³-hybridized carbons (Fsp3) is 0.0545. The van der Waals surface area contributed by atoms with Gasteiger partial charge in [-0.1, -0.05) is 129 Å². The molecule has 4 nitrogen and oxygen atoms in total. The monoisotopic (exact) mass is 755 g/mol. The molecule has 0 radical (unpaired) electrons. The van der Waals surface area contributed by atoms with E-state index in [-0.39, 0.29) is 5.41 Å². The number of hydrogen-bond acceptors (Lipinski definition) is 3. The van der Waals surface area contributed by atoms with Crippen molar-refractivity contribution >= 4 is 43.7 Å². The highest BCUT2D eigenvalue weighted by molar-refractivity contribution is 6.11. The Morgan fingerprint density at radius 2 is 1.00 bits per heavy atom. The summed E-state index contributed by atoms with van der Waals surface area (Å²) < 4.78 is 8.70. The topological polar surface area (TPSA) is 43.9 Å². The van der Waals surface area contributed by atoms with Crippen molar-refractivity contribution in [3.63, 3.8) is 0 Å². The lowest BCUT2D eigenvalue weighted by atomic mass is 9.81. The summed E-state index contributed by atoms with van der Waals surface area (Å²) >= 11 is 0. The fourth-order valence-electron chi connectivity index (χ4n) is 9.41. The zero-order chi connectivity index (χ0) is 39.2. The van der Waals surface area contributed by atoms with E-state index in [4.69, 9.17) is 14.4 Å². The van der Waals surface area contributed by atoms with Crippen molar-refractivity contribution in [2.75, 3.05) is 0 Å². The molecule has 8 aromatic carbocycles. The van der Waals surface area contributed by atoms with Crippen LogP contribution in [0.4, 0.5) is 0 Å². The molecule has 3 heterocycles. The Bertz CT molecular complexity index is 3390. The number of benzene rings is 8. The van der Waals surface area contributed by atoms with Crippen molar-refractivity contribution < 1.29 is 4.42 Å². The van der Waals surface area contributed by atoms with Gasteiger partial charge < -0.3 is 8.98 Å². The first kappa shape index (κ1) is 33.6. The molecule has 3 aromatic heterocycles. The van der Waals surface area contributed by atoms with E-state index in [9.17, 15) is 0 Å². The van der Waals surface area contributed by atoms with E-state index >= 15 is 0 Å². The van der Waals surface area contributed by atoms with Gasteiger partial charge in [-0.2, -0.15) is 0 Å². The second-order valence-corrected chi connectivity index (χ2v) is 16.2. The number of rotatable bonds is 5. The normalized spacial score (nSPS) is 13.1. The summed E-state index contributed by atoms with van der Waals surface area (Å²) in [5.41, 5.74) is 17.7. The summed E-state index contributed by atoms with van der Waals surface area (Å²) in [6, 6.07) is 67.0. The third-order valence-corrected chi connectivity index (χ3v) is 12.4. The number of nitrogens with zero attached hydrogens (tertiary/aromatic N) is 3. The van der Waals surface area contributed by atoms with Crippen molar-refractivity contribution in [3.8, 4) is 61.8 Å². The average Bonchev–Trinajstić information content (AvgIpc) is 3.90. The summed E-state index contributed by atoms with van der Waals surface area (Å²) in [6.07, 6.45) is 0. The van der Waals surface area contributed by atoms with Crippen LogP contribution in [0, 0.1) is 0 Å². The van der Waals surface area contributed by atoms with Crippen LogP contribution in [0.5, 0.6) is 0 Å². The third kappa shape index (κ3) is 5.23. The van der Waals surface area contributed by atoms with Gasteiger partial charge in [-0.3, -0.25) is 0 Å². The van der Waals surface area contributed by atoms with Crippen molar-refractivity contribution in [3.05, 3.63) is 199 Å². The number of hydrogen-bond donors (Lipinski definition) is 0. The van der Waals surface area contributed by atoms with Crippen LogP contribution in [0.15, 0.2) is 192 Å². The Kier molecular flexibility index (Phi) is 7.24. The highest BCUT2D eigenvalue weighted by Gasteiger charge is 2.36. The molecule has 12 rings (SSSR count). The van der Waals surface area contributed by atoms with Crippen molar-refractivity contribution in [2.24, 2.45) is 0 Å². The third-order valence-electron chi connectivity index (χ3n) is 12.4. The zero-order valence-corrected chi connectivity index (χ0v) is 32.6. The first-order valence-corrected chi connectivity index (χ1v) is 20.2. The van der Waals surface area contributed by atoms with Crippen molar-refractivity contribution in [1.82, 2.24) is 14.5 Å². The number of para-hydroxylation sites is 2. The second-order valence-electron chi connectivity index (χ2n) is 16.2. The molecule has 0 spiro atoms. The quantitative estimate of drug-likeness (QED) is 0.176. The minimum atomic E-state index is -0.169. The molecule has 4 heteroatoms. The molecule has 0 fully saturated rings.